The van der Waals surface area contributed by atoms with Crippen LogP contribution >= 0.6 is 0 Å². The molecule has 2 atom stereocenters. The molecule has 120 valence electrons. The van der Waals surface area contributed by atoms with E-state index >= 15 is 0 Å². The van der Waals surface area contributed by atoms with Crippen LogP contribution in [0.25, 0.3) is 0 Å². The second-order valence-electron chi connectivity index (χ2n) is 6.12. The van der Waals surface area contributed by atoms with Crippen molar-refractivity contribution >= 4 is 0 Å². The van der Waals surface area contributed by atoms with Gasteiger partial charge in [0.2, 0.25) is 0 Å². The number of hydrogen-bond donors (Lipinski definition) is 3. The largest absolute Gasteiger partial charge is 0.493 e. The fourth-order valence-electron chi connectivity index (χ4n) is 2.51. The molecule has 21 heavy (non-hydrogen) atoms. The molecular formula is C17H30N2O2. The third-order valence-electron chi connectivity index (χ3n) is 3.56. The number of nitrogens with one attached hydrogen (secondary N) is 1. The Morgan fingerprint density at radius 3 is 2.48 bits per heavy atom. The summed E-state index contributed by atoms with van der Waals surface area (Å²) in [6, 6.07) is 4.02. The molecular weight excluding hydrogens is 264 g/mol. The minimum Gasteiger partial charge on any atom is -0.493 e. The molecule has 0 fully saturated rings. The molecule has 0 aliphatic carbocycles. The van der Waals surface area contributed by atoms with E-state index < -0.39 is 6.10 Å². The van der Waals surface area contributed by atoms with Crippen molar-refractivity contribution in [1.82, 2.24) is 5.32 Å². The lowest BCUT2D eigenvalue weighted by Crippen LogP contribution is -2.34. The van der Waals surface area contributed by atoms with Gasteiger partial charge < -0.3 is 20.9 Å². The van der Waals surface area contributed by atoms with Crippen molar-refractivity contribution in [2.45, 2.75) is 46.3 Å². The van der Waals surface area contributed by atoms with E-state index in [0.29, 0.717) is 25.5 Å². The smallest absolute Gasteiger partial charge is 0.128 e. The van der Waals surface area contributed by atoms with Gasteiger partial charge in [0.05, 0.1) is 12.7 Å². The van der Waals surface area contributed by atoms with Gasteiger partial charge in [0.15, 0.2) is 0 Å². The van der Waals surface area contributed by atoms with Gasteiger partial charge in [-0.15, -0.1) is 0 Å². The van der Waals surface area contributed by atoms with Gasteiger partial charge in [-0.3, -0.25) is 0 Å². The SMILES string of the molecule is CNC(CCN)C(O)c1cc(C)cc(C)c1OCC(C)C. The third-order valence-corrected chi connectivity index (χ3v) is 3.56. The fourth-order valence-corrected chi connectivity index (χ4v) is 2.51. The molecule has 4 N–H and O–H groups in total. The Balaban J connectivity index is 3.12. The van der Waals surface area contributed by atoms with E-state index in [9.17, 15) is 5.11 Å². The molecule has 0 saturated carbocycles. The zero-order valence-corrected chi connectivity index (χ0v) is 13.9. The van der Waals surface area contributed by atoms with Gasteiger partial charge in [0.25, 0.3) is 0 Å². The average molecular weight is 294 g/mol. The van der Waals surface area contributed by atoms with Gasteiger partial charge in [-0.25, -0.2) is 0 Å². The maximum Gasteiger partial charge on any atom is 0.128 e. The second kappa shape index (κ2) is 8.37. The van der Waals surface area contributed by atoms with Crippen molar-refractivity contribution < 1.29 is 9.84 Å². The third kappa shape index (κ3) is 4.99. The number of aryl methyl sites for hydroxylation is 2. The van der Waals surface area contributed by atoms with Crippen LogP contribution in [0.3, 0.4) is 0 Å². The Morgan fingerprint density at radius 2 is 1.95 bits per heavy atom. The molecule has 0 heterocycles. The molecule has 0 aliphatic heterocycles. The molecule has 1 aromatic carbocycles. The minimum absolute atomic E-state index is 0.0717. The van der Waals surface area contributed by atoms with Crippen molar-refractivity contribution in [2.75, 3.05) is 20.2 Å². The van der Waals surface area contributed by atoms with Crippen LogP contribution in [-0.4, -0.2) is 31.3 Å². The highest BCUT2D eigenvalue weighted by molar-refractivity contribution is 5.45. The van der Waals surface area contributed by atoms with Crippen molar-refractivity contribution in [3.63, 3.8) is 0 Å². The zero-order valence-electron chi connectivity index (χ0n) is 13.9. The van der Waals surface area contributed by atoms with Crippen molar-refractivity contribution in [3.05, 3.63) is 28.8 Å². The number of likely N-dealkylation sites (N-methyl/N-ethyl adjacent to an activating group) is 1. The first-order chi connectivity index (χ1) is 9.90. The quantitative estimate of drug-likeness (QED) is 0.688. The van der Waals surface area contributed by atoms with Crippen LogP contribution in [-0.2, 0) is 0 Å². The van der Waals surface area contributed by atoms with E-state index in [-0.39, 0.29) is 6.04 Å². The predicted molar refractivity (Wildman–Crippen MR) is 87.7 cm³/mol. The molecule has 0 aromatic heterocycles. The highest BCUT2D eigenvalue weighted by Crippen LogP contribution is 2.33. The first kappa shape index (κ1) is 18.0. The Kier molecular flexibility index (Phi) is 7.15. The second-order valence-corrected chi connectivity index (χ2v) is 6.12. The van der Waals surface area contributed by atoms with Gasteiger partial charge in [-0.2, -0.15) is 0 Å². The Bertz CT molecular complexity index is 447. The summed E-state index contributed by atoms with van der Waals surface area (Å²) in [6.07, 6.45) is 0.0909. The van der Waals surface area contributed by atoms with E-state index in [1.807, 2.05) is 27.0 Å². The molecule has 1 aromatic rings. The zero-order chi connectivity index (χ0) is 16.0. The normalized spacial score (nSPS) is 14.3. The molecule has 4 nitrogen and oxygen atoms in total. The molecule has 1 rings (SSSR count). The van der Waals surface area contributed by atoms with E-state index in [1.165, 1.54) is 0 Å². The van der Waals surface area contributed by atoms with Crippen molar-refractivity contribution in [2.24, 2.45) is 11.7 Å². The lowest BCUT2D eigenvalue weighted by molar-refractivity contribution is 0.123. The van der Waals surface area contributed by atoms with Crippen LogP contribution in [0.5, 0.6) is 5.75 Å². The van der Waals surface area contributed by atoms with Crippen LogP contribution in [0.15, 0.2) is 12.1 Å². The maximum atomic E-state index is 10.7. The first-order valence-corrected chi connectivity index (χ1v) is 7.70. The molecule has 0 saturated heterocycles. The lowest BCUT2D eigenvalue weighted by Gasteiger charge is -2.26. The number of rotatable bonds is 8. The van der Waals surface area contributed by atoms with Gasteiger partial charge in [-0.05, 0) is 51.4 Å². The molecule has 0 amide bonds. The fraction of sp³-hybridized carbons (Fsp3) is 0.647. The number of hydrogen-bond acceptors (Lipinski definition) is 4. The molecule has 0 aliphatic rings. The minimum atomic E-state index is -0.626. The standard InChI is InChI=1S/C17H30N2O2/c1-11(2)10-21-17-13(4)8-12(3)9-14(17)16(20)15(19-5)6-7-18/h8-9,11,15-16,19-20H,6-7,10,18H2,1-5H3. The van der Waals surface area contributed by atoms with Crippen molar-refractivity contribution in [3.8, 4) is 5.75 Å². The molecule has 0 radical (unpaired) electrons. The monoisotopic (exact) mass is 294 g/mol. The number of nitrogens with two attached hydrogens (primary N) is 1. The highest BCUT2D eigenvalue weighted by Gasteiger charge is 2.23. The summed E-state index contributed by atoms with van der Waals surface area (Å²) in [5, 5.41) is 13.9. The molecule has 2 unspecified atom stereocenters. The summed E-state index contributed by atoms with van der Waals surface area (Å²) in [5.74, 6) is 1.25. The van der Waals surface area contributed by atoms with Crippen LogP contribution in [0.4, 0.5) is 0 Å². The van der Waals surface area contributed by atoms with Crippen LogP contribution in [0.1, 0.15) is 43.1 Å². The molecule has 0 spiro atoms. The number of ether oxygens (including phenoxy) is 1. The van der Waals surface area contributed by atoms with Gasteiger partial charge >= 0.3 is 0 Å². The lowest BCUT2D eigenvalue weighted by atomic mass is 9.95. The topological polar surface area (TPSA) is 67.5 Å². The molecule has 0 bridgehead atoms. The van der Waals surface area contributed by atoms with Crippen LogP contribution in [0.2, 0.25) is 0 Å². The van der Waals surface area contributed by atoms with Gasteiger partial charge in [-0.1, -0.05) is 25.5 Å². The average Bonchev–Trinajstić information content (AvgIpc) is 2.42. The van der Waals surface area contributed by atoms with Gasteiger partial charge in [0, 0.05) is 11.6 Å². The number of benzene rings is 1. The summed E-state index contributed by atoms with van der Waals surface area (Å²) < 4.78 is 5.96. The van der Waals surface area contributed by atoms with Crippen LogP contribution in [0, 0.1) is 19.8 Å². The predicted octanol–water partition coefficient (Wildman–Crippen LogP) is 2.31. The summed E-state index contributed by atoms with van der Waals surface area (Å²) in [7, 11) is 1.85. The van der Waals surface area contributed by atoms with E-state index in [0.717, 1.165) is 22.4 Å². The Labute approximate surface area is 128 Å². The van der Waals surface area contributed by atoms with Crippen LogP contribution < -0.4 is 15.8 Å². The van der Waals surface area contributed by atoms with Crippen molar-refractivity contribution in [1.29, 1.82) is 0 Å². The summed E-state index contributed by atoms with van der Waals surface area (Å²) in [6.45, 7) is 9.47. The highest BCUT2D eigenvalue weighted by atomic mass is 16.5. The van der Waals surface area contributed by atoms with Gasteiger partial charge in [0.1, 0.15) is 5.75 Å². The Morgan fingerprint density at radius 1 is 1.29 bits per heavy atom. The molecule has 4 heteroatoms. The van der Waals surface area contributed by atoms with E-state index in [2.05, 4.69) is 25.2 Å². The summed E-state index contributed by atoms with van der Waals surface area (Å²) >= 11 is 0. The summed E-state index contributed by atoms with van der Waals surface area (Å²) in [5.41, 5.74) is 8.67. The first-order valence-electron chi connectivity index (χ1n) is 7.70. The number of aliphatic hydroxyl groups is 1. The van der Waals surface area contributed by atoms with E-state index in [1.54, 1.807) is 0 Å². The summed E-state index contributed by atoms with van der Waals surface area (Å²) in [4.78, 5) is 0. The number of aliphatic hydroxyl groups excluding tert-OH is 1. The maximum absolute atomic E-state index is 10.7. The Hall–Kier alpha value is -1.10. The van der Waals surface area contributed by atoms with E-state index in [4.69, 9.17) is 10.5 Å².